The highest BCUT2D eigenvalue weighted by molar-refractivity contribution is 6.31. The standard InChI is InChI=1S/C14H19ClN2O2/c1-17(12-8-10(15)4-5-11(12)16)13(18)9-14(19-2)6-3-7-14/h4-5,8H,3,6-7,9,16H2,1-2H3. The average molecular weight is 283 g/mol. The molecule has 0 unspecified atom stereocenters. The smallest absolute Gasteiger partial charge is 0.229 e. The lowest BCUT2D eigenvalue weighted by Gasteiger charge is -2.40. The largest absolute Gasteiger partial charge is 0.397 e. The van der Waals surface area contributed by atoms with Gasteiger partial charge in [-0.15, -0.1) is 0 Å². The number of nitrogens with two attached hydrogens (primary N) is 1. The molecule has 104 valence electrons. The van der Waals surface area contributed by atoms with Gasteiger partial charge in [-0.25, -0.2) is 0 Å². The van der Waals surface area contributed by atoms with Gasteiger partial charge in [-0.05, 0) is 37.5 Å². The van der Waals surface area contributed by atoms with Crippen LogP contribution in [-0.4, -0.2) is 25.7 Å². The van der Waals surface area contributed by atoms with Crippen molar-refractivity contribution in [2.24, 2.45) is 0 Å². The first kappa shape index (κ1) is 14.2. The first-order valence-electron chi connectivity index (χ1n) is 6.34. The van der Waals surface area contributed by atoms with Crippen LogP contribution in [0.4, 0.5) is 11.4 Å². The van der Waals surface area contributed by atoms with E-state index in [4.69, 9.17) is 22.1 Å². The number of rotatable bonds is 4. The first-order chi connectivity index (χ1) is 8.97. The van der Waals surface area contributed by atoms with Gasteiger partial charge in [-0.1, -0.05) is 11.6 Å². The van der Waals surface area contributed by atoms with Gasteiger partial charge in [0, 0.05) is 19.2 Å². The number of benzene rings is 1. The molecule has 1 aliphatic carbocycles. The molecule has 1 amide bonds. The Morgan fingerprint density at radius 2 is 2.21 bits per heavy atom. The predicted molar refractivity (Wildman–Crippen MR) is 77.5 cm³/mol. The van der Waals surface area contributed by atoms with Crippen molar-refractivity contribution in [3.63, 3.8) is 0 Å². The van der Waals surface area contributed by atoms with E-state index in [1.54, 1.807) is 37.3 Å². The number of nitrogens with zero attached hydrogens (tertiary/aromatic N) is 1. The molecular formula is C14H19ClN2O2. The van der Waals surface area contributed by atoms with E-state index in [9.17, 15) is 4.79 Å². The van der Waals surface area contributed by atoms with Crippen LogP contribution in [0.5, 0.6) is 0 Å². The van der Waals surface area contributed by atoms with Crippen LogP contribution < -0.4 is 10.6 Å². The summed E-state index contributed by atoms with van der Waals surface area (Å²) in [7, 11) is 3.38. The Hall–Kier alpha value is -1.26. The van der Waals surface area contributed by atoms with Crippen LogP contribution in [0.1, 0.15) is 25.7 Å². The van der Waals surface area contributed by atoms with E-state index >= 15 is 0 Å². The predicted octanol–water partition coefficient (Wildman–Crippen LogP) is 2.84. The third-order valence-electron chi connectivity index (χ3n) is 3.90. The number of carbonyl (C=O) groups excluding carboxylic acids is 1. The molecule has 0 radical (unpaired) electrons. The number of amides is 1. The summed E-state index contributed by atoms with van der Waals surface area (Å²) in [5.74, 6) is -0.00415. The maximum Gasteiger partial charge on any atom is 0.229 e. The molecule has 1 saturated carbocycles. The average Bonchev–Trinajstić information content (AvgIpc) is 2.35. The van der Waals surface area contributed by atoms with Crippen molar-refractivity contribution >= 4 is 28.9 Å². The highest BCUT2D eigenvalue weighted by Gasteiger charge is 2.39. The van der Waals surface area contributed by atoms with Gasteiger partial charge < -0.3 is 15.4 Å². The SMILES string of the molecule is COC1(CC(=O)N(C)c2cc(Cl)ccc2N)CCC1. The molecular weight excluding hydrogens is 264 g/mol. The van der Waals surface area contributed by atoms with Gasteiger partial charge >= 0.3 is 0 Å². The second-order valence-electron chi connectivity index (χ2n) is 5.07. The molecule has 1 aromatic carbocycles. The van der Waals surface area contributed by atoms with Gasteiger partial charge in [-0.3, -0.25) is 4.79 Å². The Kier molecular flexibility index (Phi) is 4.02. The zero-order valence-electron chi connectivity index (χ0n) is 11.3. The van der Waals surface area contributed by atoms with Crippen molar-refractivity contribution in [1.29, 1.82) is 0 Å². The Balaban J connectivity index is 2.12. The van der Waals surface area contributed by atoms with Crippen molar-refractivity contribution in [1.82, 2.24) is 0 Å². The highest BCUT2D eigenvalue weighted by atomic mass is 35.5. The maximum absolute atomic E-state index is 12.3. The van der Waals surface area contributed by atoms with Gasteiger partial charge in [0.15, 0.2) is 0 Å². The van der Waals surface area contributed by atoms with E-state index < -0.39 is 0 Å². The van der Waals surface area contributed by atoms with E-state index in [-0.39, 0.29) is 11.5 Å². The summed E-state index contributed by atoms with van der Waals surface area (Å²) in [4.78, 5) is 13.9. The molecule has 0 heterocycles. The van der Waals surface area contributed by atoms with Crippen molar-refractivity contribution in [2.45, 2.75) is 31.3 Å². The van der Waals surface area contributed by atoms with Crippen LogP contribution in [-0.2, 0) is 9.53 Å². The molecule has 0 spiro atoms. The van der Waals surface area contributed by atoms with E-state index in [0.717, 1.165) is 19.3 Å². The zero-order chi connectivity index (χ0) is 14.0. The van der Waals surface area contributed by atoms with Crippen molar-refractivity contribution < 1.29 is 9.53 Å². The lowest BCUT2D eigenvalue weighted by Crippen LogP contribution is -2.44. The number of ether oxygens (including phenoxy) is 1. The minimum atomic E-state index is -0.279. The fourth-order valence-corrected chi connectivity index (χ4v) is 2.53. The lowest BCUT2D eigenvalue weighted by atomic mass is 9.77. The third-order valence-corrected chi connectivity index (χ3v) is 4.13. The van der Waals surface area contributed by atoms with Crippen LogP contribution >= 0.6 is 11.6 Å². The number of methoxy groups -OCH3 is 1. The van der Waals surface area contributed by atoms with E-state index in [1.165, 1.54) is 0 Å². The molecule has 0 aliphatic heterocycles. The maximum atomic E-state index is 12.3. The molecule has 1 aromatic rings. The molecule has 0 atom stereocenters. The molecule has 1 aliphatic rings. The van der Waals surface area contributed by atoms with Crippen LogP contribution in [0.3, 0.4) is 0 Å². The highest BCUT2D eigenvalue weighted by Crippen LogP contribution is 2.39. The summed E-state index contributed by atoms with van der Waals surface area (Å²) >= 11 is 5.95. The fraction of sp³-hybridized carbons (Fsp3) is 0.500. The molecule has 5 heteroatoms. The number of hydrogen-bond donors (Lipinski definition) is 1. The van der Waals surface area contributed by atoms with E-state index in [0.29, 0.717) is 22.8 Å². The van der Waals surface area contributed by atoms with Gasteiger partial charge in [-0.2, -0.15) is 0 Å². The minimum Gasteiger partial charge on any atom is -0.397 e. The summed E-state index contributed by atoms with van der Waals surface area (Å²) in [6.07, 6.45) is 3.37. The van der Waals surface area contributed by atoms with Crippen molar-refractivity contribution in [3.8, 4) is 0 Å². The Morgan fingerprint density at radius 3 is 2.74 bits per heavy atom. The molecule has 0 bridgehead atoms. The van der Waals surface area contributed by atoms with Gasteiger partial charge in [0.25, 0.3) is 0 Å². The molecule has 1 fully saturated rings. The molecule has 4 nitrogen and oxygen atoms in total. The first-order valence-corrected chi connectivity index (χ1v) is 6.72. The lowest BCUT2D eigenvalue weighted by molar-refractivity contribution is -0.131. The summed E-state index contributed by atoms with van der Waals surface area (Å²) in [5, 5.41) is 0.564. The molecule has 0 saturated heterocycles. The quantitative estimate of drug-likeness (QED) is 0.864. The van der Waals surface area contributed by atoms with Crippen LogP contribution in [0.25, 0.3) is 0 Å². The van der Waals surface area contributed by atoms with Crippen LogP contribution in [0.2, 0.25) is 5.02 Å². The summed E-state index contributed by atoms with van der Waals surface area (Å²) in [5.41, 5.74) is 6.79. The van der Waals surface area contributed by atoms with Gasteiger partial charge in [0.2, 0.25) is 5.91 Å². The topological polar surface area (TPSA) is 55.6 Å². The number of hydrogen-bond acceptors (Lipinski definition) is 3. The molecule has 0 aromatic heterocycles. The number of carbonyl (C=O) groups is 1. The van der Waals surface area contributed by atoms with Crippen LogP contribution in [0.15, 0.2) is 18.2 Å². The molecule has 2 rings (SSSR count). The number of nitrogen functional groups attached to an aromatic ring is 1. The summed E-state index contributed by atoms with van der Waals surface area (Å²) < 4.78 is 5.48. The van der Waals surface area contributed by atoms with Crippen LogP contribution in [0, 0.1) is 0 Å². The second-order valence-corrected chi connectivity index (χ2v) is 5.51. The zero-order valence-corrected chi connectivity index (χ0v) is 12.0. The van der Waals surface area contributed by atoms with Crippen molar-refractivity contribution in [3.05, 3.63) is 23.2 Å². The second kappa shape index (κ2) is 5.39. The van der Waals surface area contributed by atoms with Crippen molar-refractivity contribution in [2.75, 3.05) is 24.8 Å². The summed E-state index contributed by atoms with van der Waals surface area (Å²) in [6, 6.07) is 5.12. The van der Waals surface area contributed by atoms with E-state index in [1.807, 2.05) is 0 Å². The molecule has 19 heavy (non-hydrogen) atoms. The number of anilines is 2. The minimum absolute atomic E-state index is 0.00415. The fourth-order valence-electron chi connectivity index (χ4n) is 2.36. The Morgan fingerprint density at radius 1 is 1.53 bits per heavy atom. The molecule has 2 N–H and O–H groups in total. The van der Waals surface area contributed by atoms with Gasteiger partial charge in [0.1, 0.15) is 0 Å². The monoisotopic (exact) mass is 282 g/mol. The van der Waals surface area contributed by atoms with Gasteiger partial charge in [0.05, 0.1) is 23.4 Å². The normalized spacial score (nSPS) is 16.8. The number of halogens is 1. The Labute approximate surface area is 118 Å². The van der Waals surface area contributed by atoms with E-state index in [2.05, 4.69) is 0 Å². The Bertz CT molecular complexity index is 481. The third kappa shape index (κ3) is 2.85. The summed E-state index contributed by atoms with van der Waals surface area (Å²) in [6.45, 7) is 0.